The molecule has 0 heterocycles. The summed E-state index contributed by atoms with van der Waals surface area (Å²) in [5.41, 5.74) is 1.12. The van der Waals surface area contributed by atoms with Crippen molar-refractivity contribution in [2.75, 3.05) is 0 Å². The predicted octanol–water partition coefficient (Wildman–Crippen LogP) is 4.77. The van der Waals surface area contributed by atoms with Gasteiger partial charge in [0, 0.05) is 23.1 Å². The van der Waals surface area contributed by atoms with Crippen LogP contribution in [0.4, 0.5) is 8.78 Å². The molecule has 0 spiro atoms. The van der Waals surface area contributed by atoms with Crippen LogP contribution in [0.15, 0.2) is 40.9 Å². The molecule has 1 aliphatic carbocycles. The van der Waals surface area contributed by atoms with Gasteiger partial charge in [0.15, 0.2) is 11.6 Å². The summed E-state index contributed by atoms with van der Waals surface area (Å²) in [6.07, 6.45) is 2.48. The molecule has 0 saturated heterocycles. The van der Waals surface area contributed by atoms with E-state index in [1.54, 1.807) is 12.1 Å². The fourth-order valence-corrected chi connectivity index (χ4v) is 2.46. The number of ether oxygens (including phenoxy) is 1. The van der Waals surface area contributed by atoms with Crippen molar-refractivity contribution in [3.05, 3.63) is 58.1 Å². The molecule has 3 rings (SSSR count). The van der Waals surface area contributed by atoms with Gasteiger partial charge in [-0.1, -0.05) is 22.0 Å². The number of hydrogen-bond donors (Lipinski definition) is 1. The summed E-state index contributed by atoms with van der Waals surface area (Å²) in [7, 11) is 0. The summed E-state index contributed by atoms with van der Waals surface area (Å²) in [5, 5.41) is 3.43. The highest BCUT2D eigenvalue weighted by molar-refractivity contribution is 9.10. The first kappa shape index (κ1) is 14.5. The van der Waals surface area contributed by atoms with Crippen molar-refractivity contribution >= 4 is 15.9 Å². The summed E-state index contributed by atoms with van der Waals surface area (Å²) in [6.45, 7) is 0.788. The van der Waals surface area contributed by atoms with Crippen LogP contribution >= 0.6 is 15.9 Å². The summed E-state index contributed by atoms with van der Waals surface area (Å²) in [4.78, 5) is 0. The molecule has 110 valence electrons. The molecule has 0 amide bonds. The topological polar surface area (TPSA) is 21.3 Å². The number of rotatable bonds is 5. The Labute approximate surface area is 130 Å². The molecule has 0 radical (unpaired) electrons. The Hall–Kier alpha value is -1.46. The average Bonchev–Trinajstić information content (AvgIpc) is 3.25. The van der Waals surface area contributed by atoms with Crippen LogP contribution < -0.4 is 10.1 Å². The van der Waals surface area contributed by atoms with Crippen LogP contribution in [-0.2, 0) is 6.54 Å². The van der Waals surface area contributed by atoms with Gasteiger partial charge in [-0.25, -0.2) is 8.78 Å². The van der Waals surface area contributed by atoms with Crippen molar-refractivity contribution < 1.29 is 13.5 Å². The van der Waals surface area contributed by atoms with E-state index in [9.17, 15) is 8.78 Å². The Morgan fingerprint density at radius 1 is 1.14 bits per heavy atom. The van der Waals surface area contributed by atoms with Crippen LogP contribution in [0.3, 0.4) is 0 Å². The van der Waals surface area contributed by atoms with Crippen molar-refractivity contribution in [2.24, 2.45) is 0 Å². The van der Waals surface area contributed by atoms with Gasteiger partial charge in [-0.2, -0.15) is 0 Å². The normalized spacial score (nSPS) is 14.2. The minimum Gasteiger partial charge on any atom is -0.454 e. The maximum absolute atomic E-state index is 13.5. The first-order valence-corrected chi connectivity index (χ1v) is 7.56. The maximum atomic E-state index is 13.5. The molecule has 0 bridgehead atoms. The Kier molecular flexibility index (Phi) is 4.22. The molecule has 1 N–H and O–H groups in total. The van der Waals surface area contributed by atoms with Crippen LogP contribution in [0.5, 0.6) is 11.5 Å². The van der Waals surface area contributed by atoms with E-state index in [0.29, 0.717) is 11.8 Å². The molecule has 0 aliphatic heterocycles. The van der Waals surface area contributed by atoms with Gasteiger partial charge in [-0.15, -0.1) is 0 Å². The fourth-order valence-electron chi connectivity index (χ4n) is 1.96. The Morgan fingerprint density at radius 3 is 2.62 bits per heavy atom. The highest BCUT2D eigenvalue weighted by Gasteiger charge is 2.20. The standard InChI is InChI=1S/C16H14BrF2NO/c17-14-8-13(5-1-10(14)9-20-12-3-4-12)21-16-6-2-11(18)7-15(16)19/h1-2,5-8,12,20H,3-4,9H2. The summed E-state index contributed by atoms with van der Waals surface area (Å²) in [5.74, 6) is -0.831. The lowest BCUT2D eigenvalue weighted by Crippen LogP contribution is -2.15. The fraction of sp³-hybridized carbons (Fsp3) is 0.250. The van der Waals surface area contributed by atoms with Gasteiger partial charge in [0.25, 0.3) is 0 Å². The molecule has 0 atom stereocenters. The largest absolute Gasteiger partial charge is 0.454 e. The molecule has 21 heavy (non-hydrogen) atoms. The van der Waals surface area contributed by atoms with E-state index in [-0.39, 0.29) is 5.75 Å². The SMILES string of the molecule is Fc1ccc(Oc2ccc(CNC3CC3)c(Br)c2)c(F)c1. The molecule has 0 unspecified atom stereocenters. The van der Waals surface area contributed by atoms with Gasteiger partial charge in [-0.3, -0.25) is 0 Å². The third-order valence-electron chi connectivity index (χ3n) is 3.30. The lowest BCUT2D eigenvalue weighted by molar-refractivity contribution is 0.437. The van der Waals surface area contributed by atoms with Gasteiger partial charge in [0.05, 0.1) is 0 Å². The van der Waals surface area contributed by atoms with E-state index in [0.717, 1.165) is 22.6 Å². The third kappa shape index (κ3) is 3.80. The van der Waals surface area contributed by atoms with Crippen molar-refractivity contribution in [2.45, 2.75) is 25.4 Å². The second-order valence-electron chi connectivity index (χ2n) is 5.09. The van der Waals surface area contributed by atoms with E-state index in [1.807, 2.05) is 6.07 Å². The van der Waals surface area contributed by atoms with Gasteiger partial charge >= 0.3 is 0 Å². The molecular weight excluding hydrogens is 340 g/mol. The third-order valence-corrected chi connectivity index (χ3v) is 4.04. The zero-order valence-corrected chi connectivity index (χ0v) is 12.8. The molecule has 0 aromatic heterocycles. The van der Waals surface area contributed by atoms with E-state index >= 15 is 0 Å². The van der Waals surface area contributed by atoms with Crippen LogP contribution in [0.1, 0.15) is 18.4 Å². The van der Waals surface area contributed by atoms with Crippen LogP contribution in [0, 0.1) is 11.6 Å². The second-order valence-corrected chi connectivity index (χ2v) is 5.94. The highest BCUT2D eigenvalue weighted by Crippen LogP contribution is 2.29. The van der Waals surface area contributed by atoms with Crippen LogP contribution in [0.2, 0.25) is 0 Å². The molecule has 2 nitrogen and oxygen atoms in total. The van der Waals surface area contributed by atoms with Gasteiger partial charge < -0.3 is 10.1 Å². The Balaban J connectivity index is 1.71. The molecular formula is C16H14BrF2NO. The zero-order valence-electron chi connectivity index (χ0n) is 11.2. The molecule has 2 aromatic rings. The summed E-state index contributed by atoms with van der Waals surface area (Å²) < 4.78 is 32.7. The minimum absolute atomic E-state index is 0.00663. The molecule has 1 aliphatic rings. The maximum Gasteiger partial charge on any atom is 0.168 e. The number of benzene rings is 2. The lowest BCUT2D eigenvalue weighted by Gasteiger charge is -2.10. The highest BCUT2D eigenvalue weighted by atomic mass is 79.9. The van der Waals surface area contributed by atoms with Gasteiger partial charge in [0.2, 0.25) is 0 Å². The number of hydrogen-bond acceptors (Lipinski definition) is 2. The molecule has 1 fully saturated rings. The summed E-state index contributed by atoms with van der Waals surface area (Å²) >= 11 is 3.49. The monoisotopic (exact) mass is 353 g/mol. The first-order valence-electron chi connectivity index (χ1n) is 6.76. The van der Waals surface area contributed by atoms with E-state index < -0.39 is 11.6 Å². The molecule has 5 heteroatoms. The molecule has 2 aromatic carbocycles. The van der Waals surface area contributed by atoms with Gasteiger partial charge in [-0.05, 0) is 42.7 Å². The van der Waals surface area contributed by atoms with Crippen molar-refractivity contribution in [1.82, 2.24) is 5.32 Å². The predicted molar refractivity (Wildman–Crippen MR) is 80.4 cm³/mol. The quantitative estimate of drug-likeness (QED) is 0.835. The number of halogens is 3. The van der Waals surface area contributed by atoms with Crippen molar-refractivity contribution in [1.29, 1.82) is 0 Å². The van der Waals surface area contributed by atoms with Crippen LogP contribution in [0.25, 0.3) is 0 Å². The molecule has 1 saturated carbocycles. The Bertz CT molecular complexity index is 659. The van der Waals surface area contributed by atoms with Crippen LogP contribution in [-0.4, -0.2) is 6.04 Å². The van der Waals surface area contributed by atoms with Gasteiger partial charge in [0.1, 0.15) is 11.6 Å². The average molecular weight is 354 g/mol. The van der Waals surface area contributed by atoms with Crippen molar-refractivity contribution in [3.63, 3.8) is 0 Å². The summed E-state index contributed by atoms with van der Waals surface area (Å²) in [6, 6.07) is 9.38. The van der Waals surface area contributed by atoms with E-state index in [1.165, 1.54) is 25.0 Å². The minimum atomic E-state index is -0.717. The van der Waals surface area contributed by atoms with Crippen molar-refractivity contribution in [3.8, 4) is 11.5 Å². The smallest absolute Gasteiger partial charge is 0.168 e. The van der Waals surface area contributed by atoms with E-state index in [2.05, 4.69) is 21.2 Å². The Morgan fingerprint density at radius 2 is 1.95 bits per heavy atom. The first-order chi connectivity index (χ1) is 10.1. The lowest BCUT2D eigenvalue weighted by atomic mass is 10.2. The number of nitrogens with one attached hydrogen (secondary N) is 1. The second kappa shape index (κ2) is 6.12. The van der Waals surface area contributed by atoms with E-state index in [4.69, 9.17) is 4.74 Å². The zero-order chi connectivity index (χ0) is 14.8.